The van der Waals surface area contributed by atoms with Crippen LogP contribution >= 0.6 is 0 Å². The third-order valence-electron chi connectivity index (χ3n) is 5.14. The quantitative estimate of drug-likeness (QED) is 0.812. The maximum absolute atomic E-state index is 14.0. The van der Waals surface area contributed by atoms with Crippen LogP contribution in [0, 0.1) is 12.7 Å². The van der Waals surface area contributed by atoms with E-state index in [0.29, 0.717) is 24.1 Å². The summed E-state index contributed by atoms with van der Waals surface area (Å²) >= 11 is 0. The number of aryl methyl sites for hydroxylation is 1. The normalized spacial score (nSPS) is 20.9. The summed E-state index contributed by atoms with van der Waals surface area (Å²) in [6, 6.07) is 14.2. The van der Waals surface area contributed by atoms with Crippen LogP contribution in [0.4, 0.5) is 9.18 Å². The second-order valence-electron chi connectivity index (χ2n) is 8.50. The summed E-state index contributed by atoms with van der Waals surface area (Å²) in [6.45, 7) is 7.58. The predicted octanol–water partition coefficient (Wildman–Crippen LogP) is 4.96. The van der Waals surface area contributed by atoms with E-state index in [4.69, 9.17) is 4.74 Å². The molecule has 1 aliphatic rings. The zero-order valence-corrected chi connectivity index (χ0v) is 16.9. The van der Waals surface area contributed by atoms with E-state index in [9.17, 15) is 14.3 Å². The molecule has 28 heavy (non-hydrogen) atoms. The first kappa shape index (κ1) is 20.3. The van der Waals surface area contributed by atoms with Gasteiger partial charge in [0.1, 0.15) is 11.4 Å². The van der Waals surface area contributed by atoms with Crippen molar-refractivity contribution < 1.29 is 19.0 Å². The van der Waals surface area contributed by atoms with Crippen molar-refractivity contribution in [2.75, 3.05) is 6.54 Å². The van der Waals surface area contributed by atoms with Crippen LogP contribution in [0.3, 0.4) is 0 Å². The SMILES string of the molecule is Cc1ccc(C(O)[C@@H]2C[C@@H](c3ccccc3)CN2C(=O)OC(C)(C)C)cc1F. The van der Waals surface area contributed by atoms with Gasteiger partial charge >= 0.3 is 6.09 Å². The number of likely N-dealkylation sites (tertiary alicyclic amines) is 1. The number of nitrogens with zero attached hydrogens (tertiary/aromatic N) is 1. The molecule has 1 unspecified atom stereocenters. The molecule has 0 aliphatic carbocycles. The molecular weight excluding hydrogens is 357 g/mol. The summed E-state index contributed by atoms with van der Waals surface area (Å²) in [5, 5.41) is 11.0. The average Bonchev–Trinajstić information content (AvgIpc) is 3.08. The molecule has 5 heteroatoms. The molecule has 1 fully saturated rings. The molecule has 1 saturated heterocycles. The van der Waals surface area contributed by atoms with Gasteiger partial charge in [0.15, 0.2) is 0 Å². The molecular formula is C23H28FNO3. The lowest BCUT2D eigenvalue weighted by atomic mass is 9.92. The molecule has 150 valence electrons. The molecule has 4 nitrogen and oxygen atoms in total. The number of benzene rings is 2. The topological polar surface area (TPSA) is 49.8 Å². The fourth-order valence-corrected chi connectivity index (χ4v) is 3.68. The Kier molecular flexibility index (Phi) is 5.75. The summed E-state index contributed by atoms with van der Waals surface area (Å²) in [5.74, 6) is -0.276. The summed E-state index contributed by atoms with van der Waals surface area (Å²) in [6.07, 6.45) is -0.862. The molecule has 1 N–H and O–H groups in total. The number of halogens is 1. The van der Waals surface area contributed by atoms with Gasteiger partial charge in [-0.05, 0) is 56.9 Å². The second-order valence-corrected chi connectivity index (χ2v) is 8.50. The van der Waals surface area contributed by atoms with Gasteiger partial charge < -0.3 is 14.7 Å². The van der Waals surface area contributed by atoms with E-state index < -0.39 is 23.8 Å². The largest absolute Gasteiger partial charge is 0.444 e. The second kappa shape index (κ2) is 7.92. The number of amides is 1. The van der Waals surface area contributed by atoms with E-state index in [1.807, 2.05) is 51.1 Å². The average molecular weight is 385 g/mol. The Labute approximate surface area is 165 Å². The minimum atomic E-state index is -0.990. The van der Waals surface area contributed by atoms with E-state index in [0.717, 1.165) is 5.56 Å². The van der Waals surface area contributed by atoms with Crippen molar-refractivity contribution in [1.82, 2.24) is 4.90 Å². The number of aliphatic hydroxyl groups excluding tert-OH is 1. The van der Waals surface area contributed by atoms with Crippen molar-refractivity contribution in [1.29, 1.82) is 0 Å². The molecule has 1 amide bonds. The Morgan fingerprint density at radius 2 is 1.89 bits per heavy atom. The number of hydrogen-bond donors (Lipinski definition) is 1. The van der Waals surface area contributed by atoms with Crippen molar-refractivity contribution in [3.8, 4) is 0 Å². The van der Waals surface area contributed by atoms with E-state index >= 15 is 0 Å². The van der Waals surface area contributed by atoms with E-state index in [1.54, 1.807) is 24.0 Å². The standard InChI is InChI=1S/C23H28FNO3/c1-15-10-11-17(12-19(15)24)21(26)20-13-18(16-8-6-5-7-9-16)14-25(20)22(27)28-23(2,3)4/h5-12,18,20-21,26H,13-14H2,1-4H3/t18-,20+,21?/m1/s1. The molecule has 3 atom stereocenters. The minimum Gasteiger partial charge on any atom is -0.444 e. The molecule has 0 bridgehead atoms. The molecule has 0 radical (unpaired) electrons. The summed E-state index contributed by atoms with van der Waals surface area (Å²) in [4.78, 5) is 14.4. The summed E-state index contributed by atoms with van der Waals surface area (Å²) in [7, 11) is 0. The zero-order valence-electron chi connectivity index (χ0n) is 16.9. The smallest absolute Gasteiger partial charge is 0.410 e. The van der Waals surface area contributed by atoms with Crippen LogP contribution in [0.1, 0.15) is 55.9 Å². The number of hydrogen-bond acceptors (Lipinski definition) is 3. The monoisotopic (exact) mass is 385 g/mol. The number of carbonyl (C=O) groups excluding carboxylic acids is 1. The predicted molar refractivity (Wildman–Crippen MR) is 107 cm³/mol. The molecule has 3 rings (SSSR count). The lowest BCUT2D eigenvalue weighted by Gasteiger charge is -2.31. The van der Waals surface area contributed by atoms with Gasteiger partial charge in [-0.25, -0.2) is 9.18 Å². The number of rotatable bonds is 3. The first-order valence-corrected chi connectivity index (χ1v) is 9.64. The van der Waals surface area contributed by atoms with Crippen LogP contribution in [-0.4, -0.2) is 34.3 Å². The van der Waals surface area contributed by atoms with Crippen LogP contribution < -0.4 is 0 Å². The van der Waals surface area contributed by atoms with E-state index in [2.05, 4.69) is 0 Å². The van der Waals surface area contributed by atoms with Gasteiger partial charge in [0.05, 0.1) is 12.1 Å². The Balaban J connectivity index is 1.89. The Morgan fingerprint density at radius 3 is 2.50 bits per heavy atom. The highest BCUT2D eigenvalue weighted by atomic mass is 19.1. The third kappa shape index (κ3) is 4.53. The lowest BCUT2D eigenvalue weighted by molar-refractivity contribution is 0.00481. The molecule has 0 aromatic heterocycles. The van der Waals surface area contributed by atoms with Crippen molar-refractivity contribution in [3.05, 3.63) is 71.0 Å². The Morgan fingerprint density at radius 1 is 1.21 bits per heavy atom. The maximum Gasteiger partial charge on any atom is 0.410 e. The Hall–Kier alpha value is -2.40. The van der Waals surface area contributed by atoms with Gasteiger partial charge in [0, 0.05) is 12.5 Å². The van der Waals surface area contributed by atoms with E-state index in [-0.39, 0.29) is 11.7 Å². The molecule has 1 aliphatic heterocycles. The van der Waals surface area contributed by atoms with Crippen LogP contribution in [-0.2, 0) is 4.74 Å². The maximum atomic E-state index is 14.0. The molecule has 2 aromatic carbocycles. The van der Waals surface area contributed by atoms with Crippen molar-refractivity contribution in [2.24, 2.45) is 0 Å². The fraction of sp³-hybridized carbons (Fsp3) is 0.435. The molecule has 1 heterocycles. The fourth-order valence-electron chi connectivity index (χ4n) is 3.68. The van der Waals surface area contributed by atoms with Gasteiger partial charge in [-0.15, -0.1) is 0 Å². The number of aliphatic hydroxyl groups is 1. The molecule has 0 saturated carbocycles. The van der Waals surface area contributed by atoms with Crippen LogP contribution in [0.2, 0.25) is 0 Å². The highest BCUT2D eigenvalue weighted by Crippen LogP contribution is 2.38. The van der Waals surface area contributed by atoms with Crippen LogP contribution in [0.5, 0.6) is 0 Å². The van der Waals surface area contributed by atoms with Crippen LogP contribution in [0.15, 0.2) is 48.5 Å². The first-order chi connectivity index (χ1) is 13.2. The molecule has 2 aromatic rings. The third-order valence-corrected chi connectivity index (χ3v) is 5.14. The van der Waals surface area contributed by atoms with Crippen molar-refractivity contribution >= 4 is 6.09 Å². The number of ether oxygens (including phenoxy) is 1. The highest BCUT2D eigenvalue weighted by Gasteiger charge is 2.42. The highest BCUT2D eigenvalue weighted by molar-refractivity contribution is 5.69. The van der Waals surface area contributed by atoms with Gasteiger partial charge in [0.25, 0.3) is 0 Å². The van der Waals surface area contributed by atoms with E-state index in [1.165, 1.54) is 6.07 Å². The van der Waals surface area contributed by atoms with Gasteiger partial charge in [-0.1, -0.05) is 42.5 Å². The molecule has 0 spiro atoms. The summed E-state index contributed by atoms with van der Waals surface area (Å²) < 4.78 is 19.6. The van der Waals surface area contributed by atoms with Crippen molar-refractivity contribution in [3.63, 3.8) is 0 Å². The first-order valence-electron chi connectivity index (χ1n) is 9.64. The summed E-state index contributed by atoms with van der Waals surface area (Å²) in [5.41, 5.74) is 1.47. The number of carbonyl (C=O) groups is 1. The zero-order chi connectivity index (χ0) is 20.5. The minimum absolute atomic E-state index is 0.0867. The lowest BCUT2D eigenvalue weighted by Crippen LogP contribution is -2.42. The van der Waals surface area contributed by atoms with Gasteiger partial charge in [-0.3, -0.25) is 0 Å². The Bertz CT molecular complexity index is 831. The van der Waals surface area contributed by atoms with Crippen molar-refractivity contribution in [2.45, 2.75) is 57.8 Å². The van der Waals surface area contributed by atoms with Gasteiger partial charge in [0.2, 0.25) is 0 Å². The van der Waals surface area contributed by atoms with Crippen LogP contribution in [0.25, 0.3) is 0 Å². The van der Waals surface area contributed by atoms with Gasteiger partial charge in [-0.2, -0.15) is 0 Å².